The topological polar surface area (TPSA) is 32.3 Å². The first-order chi connectivity index (χ1) is 9.69. The quantitative estimate of drug-likeness (QED) is 0.910. The van der Waals surface area contributed by atoms with E-state index in [9.17, 15) is 4.79 Å². The summed E-state index contributed by atoms with van der Waals surface area (Å²) >= 11 is 0. The summed E-state index contributed by atoms with van der Waals surface area (Å²) in [5.74, 6) is 0.992. The van der Waals surface area contributed by atoms with Crippen LogP contribution in [0.1, 0.15) is 48.5 Å². The third-order valence-electron chi connectivity index (χ3n) is 4.71. The summed E-state index contributed by atoms with van der Waals surface area (Å²) in [5, 5.41) is 3.37. The van der Waals surface area contributed by atoms with Crippen LogP contribution in [-0.4, -0.2) is 29.9 Å². The first kappa shape index (κ1) is 13.5. The van der Waals surface area contributed by atoms with Gasteiger partial charge in [0.15, 0.2) is 0 Å². The van der Waals surface area contributed by atoms with Gasteiger partial charge in [-0.05, 0) is 62.3 Å². The Hall–Kier alpha value is -1.51. The zero-order valence-corrected chi connectivity index (χ0v) is 12.5. The second kappa shape index (κ2) is 5.47. The molecule has 1 amide bonds. The van der Waals surface area contributed by atoms with Crippen LogP contribution in [0, 0.1) is 12.8 Å². The van der Waals surface area contributed by atoms with Crippen molar-refractivity contribution in [1.29, 1.82) is 0 Å². The molecule has 1 aromatic carbocycles. The highest BCUT2D eigenvalue weighted by atomic mass is 16.2. The molecule has 0 aromatic heterocycles. The maximum atomic E-state index is 12.7. The molecule has 2 atom stereocenters. The number of hydrogen-bond donors (Lipinski definition) is 1. The van der Waals surface area contributed by atoms with Crippen molar-refractivity contribution in [2.75, 3.05) is 18.4 Å². The van der Waals surface area contributed by atoms with Crippen molar-refractivity contribution < 1.29 is 4.79 Å². The van der Waals surface area contributed by atoms with Crippen LogP contribution in [0.3, 0.4) is 0 Å². The number of nitrogens with zero attached hydrogens (tertiary/aromatic N) is 1. The normalized spacial score (nSPS) is 24.2. The Morgan fingerprint density at radius 2 is 2.25 bits per heavy atom. The molecular formula is C17H24N2O. The van der Waals surface area contributed by atoms with E-state index in [0.717, 1.165) is 42.2 Å². The lowest BCUT2D eigenvalue weighted by atomic mass is 10.0. The largest absolute Gasteiger partial charge is 0.385 e. The van der Waals surface area contributed by atoms with E-state index >= 15 is 0 Å². The second-order valence-corrected chi connectivity index (χ2v) is 6.25. The number of rotatable bonds is 4. The standard InChI is InChI=1S/C17H24N2O/c1-3-8-18-14-5-7-16(12(2)9-14)17(20)19-11-13-4-6-15(19)10-13/h5,7,9,13,15,18H,3-4,6,8,10-11H2,1-2H3. The number of hydrogen-bond acceptors (Lipinski definition) is 2. The molecule has 20 heavy (non-hydrogen) atoms. The summed E-state index contributed by atoms with van der Waals surface area (Å²) in [5.41, 5.74) is 3.07. The zero-order valence-electron chi connectivity index (χ0n) is 12.5. The SMILES string of the molecule is CCCNc1ccc(C(=O)N2CC3CCC2C3)c(C)c1. The van der Waals surface area contributed by atoms with E-state index in [-0.39, 0.29) is 5.91 Å². The number of likely N-dealkylation sites (tertiary alicyclic amines) is 1. The Balaban J connectivity index is 1.75. The van der Waals surface area contributed by atoms with Crippen LogP contribution < -0.4 is 5.32 Å². The number of amides is 1. The van der Waals surface area contributed by atoms with Gasteiger partial charge in [-0.25, -0.2) is 0 Å². The summed E-state index contributed by atoms with van der Waals surface area (Å²) in [4.78, 5) is 14.8. The molecule has 3 rings (SSSR count). The molecule has 1 heterocycles. The van der Waals surface area contributed by atoms with E-state index < -0.39 is 0 Å². The lowest BCUT2D eigenvalue weighted by molar-refractivity contribution is 0.0703. The first-order valence-corrected chi connectivity index (χ1v) is 7.84. The molecule has 1 N–H and O–H groups in total. The van der Waals surface area contributed by atoms with Crippen LogP contribution in [0.25, 0.3) is 0 Å². The predicted octanol–water partition coefficient (Wildman–Crippen LogP) is 3.44. The fourth-order valence-corrected chi connectivity index (χ4v) is 3.61. The van der Waals surface area contributed by atoms with E-state index in [1.165, 1.54) is 19.3 Å². The molecule has 1 saturated heterocycles. The van der Waals surface area contributed by atoms with Crippen molar-refractivity contribution in [1.82, 2.24) is 4.90 Å². The number of aryl methyl sites for hydroxylation is 1. The molecule has 3 nitrogen and oxygen atoms in total. The number of nitrogens with one attached hydrogen (secondary N) is 1. The van der Waals surface area contributed by atoms with Crippen molar-refractivity contribution in [3.63, 3.8) is 0 Å². The van der Waals surface area contributed by atoms with E-state index in [2.05, 4.69) is 23.2 Å². The highest BCUT2D eigenvalue weighted by Gasteiger charge is 2.40. The van der Waals surface area contributed by atoms with Crippen molar-refractivity contribution in [2.24, 2.45) is 5.92 Å². The summed E-state index contributed by atoms with van der Waals surface area (Å²) in [7, 11) is 0. The van der Waals surface area contributed by atoms with Crippen LogP contribution >= 0.6 is 0 Å². The maximum absolute atomic E-state index is 12.7. The van der Waals surface area contributed by atoms with Crippen LogP contribution in [0.4, 0.5) is 5.69 Å². The predicted molar refractivity (Wildman–Crippen MR) is 82.1 cm³/mol. The first-order valence-electron chi connectivity index (χ1n) is 7.84. The van der Waals surface area contributed by atoms with Gasteiger partial charge in [0.05, 0.1) is 0 Å². The van der Waals surface area contributed by atoms with Gasteiger partial charge in [-0.2, -0.15) is 0 Å². The number of fused-ring (bicyclic) bond motifs is 2. The van der Waals surface area contributed by atoms with E-state index in [1.54, 1.807) is 0 Å². The summed E-state index contributed by atoms with van der Waals surface area (Å²) in [6.07, 6.45) is 4.84. The van der Waals surface area contributed by atoms with Crippen molar-refractivity contribution >= 4 is 11.6 Å². The number of carbonyl (C=O) groups is 1. The third-order valence-corrected chi connectivity index (χ3v) is 4.71. The Morgan fingerprint density at radius 3 is 2.85 bits per heavy atom. The van der Waals surface area contributed by atoms with Gasteiger partial charge in [-0.1, -0.05) is 6.92 Å². The van der Waals surface area contributed by atoms with Gasteiger partial charge < -0.3 is 10.2 Å². The molecule has 2 unspecified atom stereocenters. The molecule has 2 bridgehead atoms. The molecule has 1 aromatic rings. The Morgan fingerprint density at radius 1 is 1.40 bits per heavy atom. The van der Waals surface area contributed by atoms with E-state index in [4.69, 9.17) is 0 Å². The van der Waals surface area contributed by atoms with Gasteiger partial charge in [-0.3, -0.25) is 4.79 Å². The number of piperidine rings is 1. The minimum absolute atomic E-state index is 0.233. The third kappa shape index (κ3) is 2.41. The Kier molecular flexibility index (Phi) is 3.68. The van der Waals surface area contributed by atoms with Crippen LogP contribution in [-0.2, 0) is 0 Å². The van der Waals surface area contributed by atoms with Gasteiger partial charge in [-0.15, -0.1) is 0 Å². The molecule has 2 fully saturated rings. The number of carbonyl (C=O) groups excluding carboxylic acids is 1. The smallest absolute Gasteiger partial charge is 0.254 e. The second-order valence-electron chi connectivity index (χ2n) is 6.25. The monoisotopic (exact) mass is 272 g/mol. The summed E-state index contributed by atoms with van der Waals surface area (Å²) in [6.45, 7) is 6.14. The van der Waals surface area contributed by atoms with Crippen LogP contribution in [0.15, 0.2) is 18.2 Å². The molecule has 0 spiro atoms. The van der Waals surface area contributed by atoms with Crippen molar-refractivity contribution in [3.05, 3.63) is 29.3 Å². The lowest BCUT2D eigenvalue weighted by Gasteiger charge is -2.27. The average molecular weight is 272 g/mol. The van der Waals surface area contributed by atoms with Crippen LogP contribution in [0.5, 0.6) is 0 Å². The summed E-state index contributed by atoms with van der Waals surface area (Å²) < 4.78 is 0. The molecule has 1 aliphatic heterocycles. The molecule has 108 valence electrons. The van der Waals surface area contributed by atoms with Crippen molar-refractivity contribution in [2.45, 2.75) is 45.6 Å². The average Bonchev–Trinajstić information content (AvgIpc) is 3.07. The minimum Gasteiger partial charge on any atom is -0.385 e. The van der Waals surface area contributed by atoms with Crippen molar-refractivity contribution in [3.8, 4) is 0 Å². The number of benzene rings is 1. The van der Waals surface area contributed by atoms with E-state index in [0.29, 0.717) is 6.04 Å². The molecule has 1 saturated carbocycles. The summed E-state index contributed by atoms with van der Waals surface area (Å²) in [6, 6.07) is 6.62. The highest BCUT2D eigenvalue weighted by Crippen LogP contribution is 2.38. The molecule has 3 heteroatoms. The molecule has 0 radical (unpaired) electrons. The van der Waals surface area contributed by atoms with E-state index in [1.807, 2.05) is 19.1 Å². The van der Waals surface area contributed by atoms with Gasteiger partial charge in [0.1, 0.15) is 0 Å². The lowest BCUT2D eigenvalue weighted by Crippen LogP contribution is -2.37. The highest BCUT2D eigenvalue weighted by molar-refractivity contribution is 5.96. The van der Waals surface area contributed by atoms with Crippen LogP contribution in [0.2, 0.25) is 0 Å². The Bertz CT molecular complexity index is 512. The van der Waals surface area contributed by atoms with Gasteiger partial charge in [0, 0.05) is 30.4 Å². The van der Waals surface area contributed by atoms with Gasteiger partial charge in [0.25, 0.3) is 5.91 Å². The molecule has 1 aliphatic carbocycles. The van der Waals surface area contributed by atoms with Gasteiger partial charge in [0.2, 0.25) is 0 Å². The van der Waals surface area contributed by atoms with Gasteiger partial charge >= 0.3 is 0 Å². The zero-order chi connectivity index (χ0) is 14.1. The number of anilines is 1. The molecular weight excluding hydrogens is 248 g/mol. The fraction of sp³-hybridized carbons (Fsp3) is 0.588. The fourth-order valence-electron chi connectivity index (χ4n) is 3.61. The Labute approximate surface area is 121 Å². The maximum Gasteiger partial charge on any atom is 0.254 e. The molecule has 2 aliphatic rings. The minimum atomic E-state index is 0.233.